The van der Waals surface area contributed by atoms with Gasteiger partial charge in [0.15, 0.2) is 0 Å². The maximum Gasteiger partial charge on any atom is 0.225 e. The molecule has 0 fully saturated rings. The van der Waals surface area contributed by atoms with Crippen molar-refractivity contribution in [1.82, 2.24) is 0 Å². The summed E-state index contributed by atoms with van der Waals surface area (Å²) in [5.41, 5.74) is 2.27. The third-order valence-corrected chi connectivity index (χ3v) is 4.31. The van der Waals surface area contributed by atoms with Crippen LogP contribution in [0.4, 0.5) is 5.69 Å². The molecule has 0 spiro atoms. The number of para-hydroxylation sites is 1. The molecule has 0 aromatic heterocycles. The Balaban J connectivity index is 2.49. The molecule has 0 bridgehead atoms. The predicted molar refractivity (Wildman–Crippen MR) is 67.7 cm³/mol. The van der Waals surface area contributed by atoms with E-state index in [1.54, 1.807) is 23.5 Å². The Morgan fingerprint density at radius 2 is 2.20 bits per heavy atom. The van der Waals surface area contributed by atoms with Crippen LogP contribution in [0.3, 0.4) is 0 Å². The number of hydrogen-bond donors (Lipinski definition) is 1. The van der Waals surface area contributed by atoms with Crippen LogP contribution in [0.2, 0.25) is 0 Å². The molecular formula is C11H13NOS2. The van der Waals surface area contributed by atoms with Crippen molar-refractivity contribution in [3.05, 3.63) is 23.8 Å². The second-order valence-electron chi connectivity index (χ2n) is 3.40. The van der Waals surface area contributed by atoms with Gasteiger partial charge in [0.1, 0.15) is 0 Å². The molecule has 1 N–H and O–H groups in total. The summed E-state index contributed by atoms with van der Waals surface area (Å²) in [6.45, 7) is 0. The number of thioether (sulfide) groups is 2. The summed E-state index contributed by atoms with van der Waals surface area (Å²) in [6, 6.07) is 6.22. The fourth-order valence-corrected chi connectivity index (χ4v) is 3.16. The largest absolute Gasteiger partial charge is 0.325 e. The van der Waals surface area contributed by atoms with Crippen LogP contribution >= 0.6 is 23.5 Å². The maximum atomic E-state index is 11.5. The molecule has 0 aliphatic carbocycles. The molecule has 2 nitrogen and oxygen atoms in total. The number of anilines is 1. The van der Waals surface area contributed by atoms with Crippen LogP contribution in [0, 0.1) is 0 Å². The second-order valence-corrected chi connectivity index (χ2v) is 5.29. The Labute approximate surface area is 98.2 Å². The highest BCUT2D eigenvalue weighted by molar-refractivity contribution is 7.99. The number of carbonyl (C=O) groups is 1. The van der Waals surface area contributed by atoms with E-state index in [-0.39, 0.29) is 5.91 Å². The first-order chi connectivity index (χ1) is 7.26. The fourth-order valence-electron chi connectivity index (χ4n) is 1.80. The molecule has 1 atom stereocenters. The topological polar surface area (TPSA) is 29.1 Å². The zero-order valence-corrected chi connectivity index (χ0v) is 10.4. The minimum absolute atomic E-state index is 0.128. The van der Waals surface area contributed by atoms with Crippen LogP contribution in [0.5, 0.6) is 0 Å². The van der Waals surface area contributed by atoms with Crippen LogP contribution in [0.1, 0.15) is 17.2 Å². The van der Waals surface area contributed by atoms with Gasteiger partial charge >= 0.3 is 0 Å². The molecule has 4 heteroatoms. The number of benzene rings is 1. The Morgan fingerprint density at radius 3 is 2.87 bits per heavy atom. The standard InChI is InChI=1S/C11H13NOS2/c1-14-8-5-3-4-7-9(15-2)6-10(13)12-11(7)8/h3-5,9H,6H2,1-2H3,(H,12,13). The van der Waals surface area contributed by atoms with Crippen molar-refractivity contribution >= 4 is 35.1 Å². The van der Waals surface area contributed by atoms with Gasteiger partial charge in [-0.3, -0.25) is 4.79 Å². The second kappa shape index (κ2) is 4.49. The SMILES string of the molecule is CSc1cccc2c1NC(=O)CC2SC. The summed E-state index contributed by atoms with van der Waals surface area (Å²) in [6.07, 6.45) is 4.68. The van der Waals surface area contributed by atoms with Gasteiger partial charge in [-0.05, 0) is 24.1 Å². The van der Waals surface area contributed by atoms with Crippen LogP contribution in [-0.2, 0) is 4.79 Å². The number of fused-ring (bicyclic) bond motifs is 1. The number of hydrogen-bond acceptors (Lipinski definition) is 3. The first kappa shape index (κ1) is 10.9. The molecule has 0 saturated carbocycles. The van der Waals surface area contributed by atoms with Crippen molar-refractivity contribution in [3.63, 3.8) is 0 Å². The van der Waals surface area contributed by atoms with Gasteiger partial charge < -0.3 is 5.32 Å². The number of nitrogens with one attached hydrogen (secondary N) is 1. The normalized spacial score (nSPS) is 19.6. The molecule has 0 radical (unpaired) electrons. The van der Waals surface area contributed by atoms with Crippen molar-refractivity contribution in [1.29, 1.82) is 0 Å². The van der Waals surface area contributed by atoms with Gasteiger partial charge in [-0.15, -0.1) is 11.8 Å². The summed E-state index contributed by atoms with van der Waals surface area (Å²) in [7, 11) is 0. The fraction of sp³-hybridized carbons (Fsp3) is 0.364. The van der Waals surface area contributed by atoms with Crippen molar-refractivity contribution in [3.8, 4) is 0 Å². The molecule has 1 heterocycles. The first-order valence-corrected chi connectivity index (χ1v) is 7.27. The monoisotopic (exact) mass is 239 g/mol. The molecule has 1 aromatic carbocycles. The van der Waals surface area contributed by atoms with Crippen molar-refractivity contribution in [2.75, 3.05) is 17.8 Å². The summed E-state index contributed by atoms with van der Waals surface area (Å²) in [5, 5.41) is 3.28. The van der Waals surface area contributed by atoms with Crippen LogP contribution in [-0.4, -0.2) is 18.4 Å². The van der Waals surface area contributed by atoms with Gasteiger partial charge in [0, 0.05) is 16.6 Å². The molecule has 1 unspecified atom stereocenters. The average molecular weight is 239 g/mol. The van der Waals surface area contributed by atoms with E-state index in [9.17, 15) is 4.79 Å². The highest BCUT2D eigenvalue weighted by Gasteiger charge is 2.25. The average Bonchev–Trinajstić information content (AvgIpc) is 2.27. The zero-order chi connectivity index (χ0) is 10.8. The van der Waals surface area contributed by atoms with E-state index in [0.29, 0.717) is 11.7 Å². The molecule has 2 rings (SSSR count). The van der Waals surface area contributed by atoms with Crippen molar-refractivity contribution in [2.24, 2.45) is 0 Å². The number of carbonyl (C=O) groups excluding carboxylic acids is 1. The Bertz CT molecular complexity index is 392. The van der Waals surface area contributed by atoms with Crippen LogP contribution in [0.25, 0.3) is 0 Å². The number of rotatable bonds is 2. The maximum absolute atomic E-state index is 11.5. The van der Waals surface area contributed by atoms with E-state index >= 15 is 0 Å². The van der Waals surface area contributed by atoms with Gasteiger partial charge in [-0.2, -0.15) is 11.8 Å². The lowest BCUT2D eigenvalue weighted by Crippen LogP contribution is -2.21. The van der Waals surface area contributed by atoms with E-state index in [2.05, 4.69) is 23.7 Å². The van der Waals surface area contributed by atoms with Gasteiger partial charge in [0.05, 0.1) is 5.69 Å². The molecule has 15 heavy (non-hydrogen) atoms. The van der Waals surface area contributed by atoms with Gasteiger partial charge in [0.25, 0.3) is 0 Å². The number of amides is 1. The van der Waals surface area contributed by atoms with E-state index in [1.165, 1.54) is 5.56 Å². The van der Waals surface area contributed by atoms with Gasteiger partial charge in [-0.25, -0.2) is 0 Å². The molecule has 0 saturated heterocycles. The van der Waals surface area contributed by atoms with Gasteiger partial charge in [-0.1, -0.05) is 12.1 Å². The third kappa shape index (κ3) is 2.01. The smallest absolute Gasteiger partial charge is 0.225 e. The van der Waals surface area contributed by atoms with E-state index in [4.69, 9.17) is 0 Å². The summed E-state index contributed by atoms with van der Waals surface area (Å²) in [5.74, 6) is 0.128. The molecule has 1 aliphatic heterocycles. The molecule has 1 aliphatic rings. The lowest BCUT2D eigenvalue weighted by atomic mass is 10.0. The zero-order valence-electron chi connectivity index (χ0n) is 8.74. The van der Waals surface area contributed by atoms with Crippen molar-refractivity contribution < 1.29 is 4.79 Å². The predicted octanol–water partition coefficient (Wildman–Crippen LogP) is 3.15. The Hall–Kier alpha value is -0.610. The van der Waals surface area contributed by atoms with Crippen molar-refractivity contribution in [2.45, 2.75) is 16.6 Å². The highest BCUT2D eigenvalue weighted by atomic mass is 32.2. The van der Waals surface area contributed by atoms with Crippen LogP contribution < -0.4 is 5.32 Å². The van der Waals surface area contributed by atoms with E-state index in [1.807, 2.05) is 12.3 Å². The summed E-state index contributed by atoms with van der Waals surface area (Å²) in [4.78, 5) is 12.7. The van der Waals surface area contributed by atoms with Gasteiger partial charge in [0.2, 0.25) is 5.91 Å². The minimum atomic E-state index is 0.128. The third-order valence-electron chi connectivity index (χ3n) is 2.54. The lowest BCUT2D eigenvalue weighted by molar-refractivity contribution is -0.116. The molecular weight excluding hydrogens is 226 g/mol. The Morgan fingerprint density at radius 1 is 1.40 bits per heavy atom. The Kier molecular flexibility index (Phi) is 3.26. The highest BCUT2D eigenvalue weighted by Crippen LogP contribution is 2.42. The molecule has 1 aromatic rings. The first-order valence-electron chi connectivity index (χ1n) is 4.75. The molecule has 80 valence electrons. The summed E-state index contributed by atoms with van der Waals surface area (Å²) >= 11 is 3.42. The van der Waals surface area contributed by atoms with E-state index in [0.717, 1.165) is 10.6 Å². The quantitative estimate of drug-likeness (QED) is 0.804. The minimum Gasteiger partial charge on any atom is -0.325 e. The lowest BCUT2D eigenvalue weighted by Gasteiger charge is -2.25. The summed E-state index contributed by atoms with van der Waals surface area (Å²) < 4.78 is 0. The van der Waals surface area contributed by atoms with Crippen LogP contribution in [0.15, 0.2) is 23.1 Å². The van der Waals surface area contributed by atoms with E-state index < -0.39 is 0 Å². The molecule has 1 amide bonds.